The van der Waals surface area contributed by atoms with Gasteiger partial charge in [0.2, 0.25) is 10.0 Å². The molecule has 1 aliphatic carbocycles. The summed E-state index contributed by atoms with van der Waals surface area (Å²) in [6, 6.07) is 3.78. The quantitative estimate of drug-likeness (QED) is 0.802. The molecule has 1 aromatic carbocycles. The average molecular weight is 315 g/mol. The number of sulfonamides is 1. The Morgan fingerprint density at radius 3 is 2.33 bits per heavy atom. The Labute approximate surface area is 126 Å². The molecule has 0 aromatic heterocycles. The van der Waals surface area contributed by atoms with Crippen LogP contribution in [-0.4, -0.2) is 32.9 Å². The molecule has 1 fully saturated rings. The van der Waals surface area contributed by atoms with Gasteiger partial charge in [-0.2, -0.15) is 4.31 Å². The van der Waals surface area contributed by atoms with Crippen LogP contribution in [0.15, 0.2) is 23.1 Å². The van der Waals surface area contributed by atoms with Crippen molar-refractivity contribution in [2.24, 2.45) is 0 Å². The SMILES string of the molecule is COc1ccc(S(=O)(=O)N(C)C2CCCCCC2)cc1F. The van der Waals surface area contributed by atoms with E-state index in [0.717, 1.165) is 44.6 Å². The van der Waals surface area contributed by atoms with Crippen molar-refractivity contribution in [2.45, 2.75) is 49.5 Å². The van der Waals surface area contributed by atoms with Crippen molar-refractivity contribution < 1.29 is 17.5 Å². The second-order valence-corrected chi connectivity index (χ2v) is 7.46. The van der Waals surface area contributed by atoms with E-state index in [2.05, 4.69) is 0 Å². The molecule has 0 N–H and O–H groups in total. The summed E-state index contributed by atoms with van der Waals surface area (Å²) >= 11 is 0. The van der Waals surface area contributed by atoms with Crippen LogP contribution >= 0.6 is 0 Å². The van der Waals surface area contributed by atoms with Crippen LogP contribution in [0.1, 0.15) is 38.5 Å². The van der Waals surface area contributed by atoms with Crippen LogP contribution in [0.3, 0.4) is 0 Å². The van der Waals surface area contributed by atoms with E-state index in [9.17, 15) is 12.8 Å². The summed E-state index contributed by atoms with van der Waals surface area (Å²) in [5, 5.41) is 0. The summed E-state index contributed by atoms with van der Waals surface area (Å²) in [6.07, 6.45) is 6.13. The summed E-state index contributed by atoms with van der Waals surface area (Å²) < 4.78 is 45.2. The highest BCUT2D eigenvalue weighted by atomic mass is 32.2. The molecule has 6 heteroatoms. The maximum atomic E-state index is 13.7. The molecule has 0 atom stereocenters. The highest BCUT2D eigenvalue weighted by Crippen LogP contribution is 2.27. The maximum absolute atomic E-state index is 13.7. The van der Waals surface area contributed by atoms with E-state index in [4.69, 9.17) is 4.74 Å². The molecule has 0 spiro atoms. The van der Waals surface area contributed by atoms with Crippen LogP contribution in [0.4, 0.5) is 4.39 Å². The van der Waals surface area contributed by atoms with Gasteiger partial charge in [0.25, 0.3) is 0 Å². The van der Waals surface area contributed by atoms with Gasteiger partial charge in [0.15, 0.2) is 11.6 Å². The van der Waals surface area contributed by atoms with E-state index in [0.29, 0.717) is 0 Å². The Balaban J connectivity index is 2.25. The number of halogens is 1. The molecule has 21 heavy (non-hydrogen) atoms. The van der Waals surface area contributed by atoms with Crippen LogP contribution < -0.4 is 4.74 Å². The molecule has 4 nitrogen and oxygen atoms in total. The molecular weight excluding hydrogens is 293 g/mol. The van der Waals surface area contributed by atoms with Gasteiger partial charge < -0.3 is 4.74 Å². The molecule has 2 rings (SSSR count). The topological polar surface area (TPSA) is 46.6 Å². The van der Waals surface area contributed by atoms with E-state index in [1.807, 2.05) is 0 Å². The molecule has 0 unspecified atom stereocenters. The number of methoxy groups -OCH3 is 1. The Morgan fingerprint density at radius 1 is 1.19 bits per heavy atom. The largest absolute Gasteiger partial charge is 0.494 e. The summed E-state index contributed by atoms with van der Waals surface area (Å²) in [7, 11) is -0.722. The first kappa shape index (κ1) is 16.2. The molecule has 0 heterocycles. The van der Waals surface area contributed by atoms with E-state index < -0.39 is 15.8 Å². The van der Waals surface area contributed by atoms with Gasteiger partial charge in [0, 0.05) is 13.1 Å². The zero-order valence-electron chi connectivity index (χ0n) is 12.5. The van der Waals surface area contributed by atoms with Crippen LogP contribution in [0, 0.1) is 5.82 Å². The minimum atomic E-state index is -3.66. The molecule has 1 aliphatic rings. The van der Waals surface area contributed by atoms with Gasteiger partial charge in [-0.1, -0.05) is 25.7 Å². The monoisotopic (exact) mass is 315 g/mol. The van der Waals surface area contributed by atoms with Crippen LogP contribution in [0.25, 0.3) is 0 Å². The Hall–Kier alpha value is -1.14. The first-order chi connectivity index (χ1) is 9.96. The van der Waals surface area contributed by atoms with Crippen molar-refractivity contribution in [3.8, 4) is 5.75 Å². The summed E-state index contributed by atoms with van der Waals surface area (Å²) in [4.78, 5) is -0.0208. The highest BCUT2D eigenvalue weighted by molar-refractivity contribution is 7.89. The van der Waals surface area contributed by atoms with Crippen molar-refractivity contribution >= 4 is 10.0 Å². The summed E-state index contributed by atoms with van der Waals surface area (Å²) in [5.74, 6) is -0.612. The summed E-state index contributed by atoms with van der Waals surface area (Å²) in [5.41, 5.74) is 0. The molecule has 0 amide bonds. The maximum Gasteiger partial charge on any atom is 0.243 e. The minimum absolute atomic E-state index is 0.00247. The van der Waals surface area contributed by atoms with Gasteiger partial charge in [-0.3, -0.25) is 0 Å². The van der Waals surface area contributed by atoms with Crippen molar-refractivity contribution in [1.29, 1.82) is 0 Å². The zero-order chi connectivity index (χ0) is 15.5. The first-order valence-corrected chi connectivity index (χ1v) is 8.72. The Bertz CT molecular complexity index is 581. The fourth-order valence-electron chi connectivity index (χ4n) is 2.79. The van der Waals surface area contributed by atoms with Gasteiger partial charge in [-0.25, -0.2) is 12.8 Å². The molecule has 1 aromatic rings. The molecular formula is C15H22FNO3S. The average Bonchev–Trinajstić information content (AvgIpc) is 2.75. The molecule has 0 aliphatic heterocycles. The number of hydrogen-bond donors (Lipinski definition) is 0. The van der Waals surface area contributed by atoms with E-state index in [-0.39, 0.29) is 16.7 Å². The first-order valence-electron chi connectivity index (χ1n) is 7.28. The molecule has 0 saturated heterocycles. The number of hydrogen-bond acceptors (Lipinski definition) is 3. The van der Waals surface area contributed by atoms with Gasteiger partial charge in [-0.05, 0) is 31.0 Å². The van der Waals surface area contributed by atoms with Gasteiger partial charge in [0.05, 0.1) is 12.0 Å². The van der Waals surface area contributed by atoms with Crippen molar-refractivity contribution in [2.75, 3.05) is 14.2 Å². The number of rotatable bonds is 4. The fraction of sp³-hybridized carbons (Fsp3) is 0.600. The second kappa shape index (κ2) is 6.75. The summed E-state index contributed by atoms with van der Waals surface area (Å²) in [6.45, 7) is 0. The molecule has 0 bridgehead atoms. The van der Waals surface area contributed by atoms with Gasteiger partial charge in [-0.15, -0.1) is 0 Å². The van der Waals surface area contributed by atoms with E-state index in [1.54, 1.807) is 7.05 Å². The van der Waals surface area contributed by atoms with Gasteiger partial charge in [0.1, 0.15) is 0 Å². The lowest BCUT2D eigenvalue weighted by Gasteiger charge is -2.26. The minimum Gasteiger partial charge on any atom is -0.494 e. The van der Waals surface area contributed by atoms with E-state index >= 15 is 0 Å². The third kappa shape index (κ3) is 3.55. The standard InChI is InChI=1S/C15H22FNO3S/c1-17(12-7-5-3-4-6-8-12)21(18,19)13-9-10-15(20-2)14(16)11-13/h9-12H,3-8H2,1-2H3. The Kier molecular flexibility index (Phi) is 5.22. The zero-order valence-corrected chi connectivity index (χ0v) is 13.3. The number of benzene rings is 1. The number of ether oxygens (including phenoxy) is 1. The van der Waals surface area contributed by atoms with Crippen molar-refractivity contribution in [3.05, 3.63) is 24.0 Å². The van der Waals surface area contributed by atoms with Crippen molar-refractivity contribution in [1.82, 2.24) is 4.31 Å². The lowest BCUT2D eigenvalue weighted by Crippen LogP contribution is -2.36. The van der Waals surface area contributed by atoms with Crippen LogP contribution in [0.5, 0.6) is 5.75 Å². The lowest BCUT2D eigenvalue weighted by atomic mass is 10.1. The van der Waals surface area contributed by atoms with Crippen LogP contribution in [-0.2, 0) is 10.0 Å². The Morgan fingerprint density at radius 2 is 1.81 bits per heavy atom. The predicted octanol–water partition coefficient (Wildman–Crippen LogP) is 3.18. The molecule has 1 saturated carbocycles. The molecule has 0 radical (unpaired) electrons. The molecule has 118 valence electrons. The smallest absolute Gasteiger partial charge is 0.243 e. The second-order valence-electron chi connectivity index (χ2n) is 5.46. The van der Waals surface area contributed by atoms with Crippen molar-refractivity contribution in [3.63, 3.8) is 0 Å². The normalized spacial score (nSPS) is 17.7. The van der Waals surface area contributed by atoms with Crippen LogP contribution in [0.2, 0.25) is 0 Å². The fourth-order valence-corrected chi connectivity index (χ4v) is 4.22. The van der Waals surface area contributed by atoms with E-state index in [1.165, 1.54) is 23.5 Å². The highest BCUT2D eigenvalue weighted by Gasteiger charge is 2.29. The van der Waals surface area contributed by atoms with Gasteiger partial charge >= 0.3 is 0 Å². The lowest BCUT2D eigenvalue weighted by molar-refractivity contribution is 0.335. The third-order valence-corrected chi connectivity index (χ3v) is 6.05. The third-order valence-electron chi connectivity index (χ3n) is 4.14. The number of nitrogens with zero attached hydrogens (tertiary/aromatic N) is 1. The predicted molar refractivity (Wildman–Crippen MR) is 79.4 cm³/mol.